The van der Waals surface area contributed by atoms with Gasteiger partial charge in [0.2, 0.25) is 0 Å². The van der Waals surface area contributed by atoms with Crippen molar-refractivity contribution in [3.8, 4) is 0 Å². The minimum absolute atomic E-state index is 0.625. The minimum Gasteiger partial charge on any atom is -0.423 e. The van der Waals surface area contributed by atoms with Crippen molar-refractivity contribution in [2.24, 2.45) is 0 Å². The largest absolute Gasteiger partial charge is 0.488 e. The predicted octanol–water partition coefficient (Wildman–Crippen LogP) is 1.77. The van der Waals surface area contributed by atoms with E-state index in [-0.39, 0.29) is 0 Å². The second-order valence-electron chi connectivity index (χ2n) is 5.06. The monoisotopic (exact) mass is 263 g/mol. The maximum atomic E-state index is 9.41. The van der Waals surface area contributed by atoms with E-state index >= 15 is 0 Å². The topological polar surface area (TPSA) is 43.7 Å². The average molecular weight is 263 g/mol. The Labute approximate surface area is 117 Å². The molecule has 0 radical (unpaired) electrons. The SMILES string of the molecule is CCCCN(CCCC)Cc1ccccc1B(O)O. The second-order valence-corrected chi connectivity index (χ2v) is 5.06. The number of nitrogens with zero attached hydrogens (tertiary/aromatic N) is 1. The molecule has 0 unspecified atom stereocenters. The molecular weight excluding hydrogens is 237 g/mol. The van der Waals surface area contributed by atoms with E-state index in [0.717, 1.165) is 25.2 Å². The zero-order valence-corrected chi connectivity index (χ0v) is 12.2. The van der Waals surface area contributed by atoms with Gasteiger partial charge in [0.1, 0.15) is 0 Å². The molecule has 2 N–H and O–H groups in total. The highest BCUT2D eigenvalue weighted by Gasteiger charge is 2.16. The molecule has 0 aliphatic carbocycles. The van der Waals surface area contributed by atoms with Crippen LogP contribution in [0.25, 0.3) is 0 Å². The molecule has 0 saturated carbocycles. The molecule has 1 aromatic rings. The Morgan fingerprint density at radius 1 is 1.00 bits per heavy atom. The third-order valence-corrected chi connectivity index (χ3v) is 3.38. The molecule has 19 heavy (non-hydrogen) atoms. The summed E-state index contributed by atoms with van der Waals surface area (Å²) in [6.45, 7) is 7.35. The van der Waals surface area contributed by atoms with Gasteiger partial charge in [0, 0.05) is 6.54 Å². The molecule has 3 nitrogen and oxygen atoms in total. The van der Waals surface area contributed by atoms with Gasteiger partial charge < -0.3 is 10.0 Å². The number of rotatable bonds is 9. The van der Waals surface area contributed by atoms with Gasteiger partial charge in [0.15, 0.2) is 0 Å². The molecule has 0 heterocycles. The van der Waals surface area contributed by atoms with Gasteiger partial charge in [0.05, 0.1) is 0 Å². The van der Waals surface area contributed by atoms with Crippen LogP contribution >= 0.6 is 0 Å². The van der Waals surface area contributed by atoms with Crippen LogP contribution in [-0.4, -0.2) is 35.2 Å². The van der Waals surface area contributed by atoms with Crippen LogP contribution in [0.5, 0.6) is 0 Å². The average Bonchev–Trinajstić information content (AvgIpc) is 2.42. The van der Waals surface area contributed by atoms with E-state index < -0.39 is 7.12 Å². The van der Waals surface area contributed by atoms with Gasteiger partial charge >= 0.3 is 7.12 Å². The van der Waals surface area contributed by atoms with Crippen LogP contribution in [0.4, 0.5) is 0 Å². The number of hydrogen-bond acceptors (Lipinski definition) is 3. The highest BCUT2D eigenvalue weighted by Crippen LogP contribution is 2.07. The van der Waals surface area contributed by atoms with Crippen molar-refractivity contribution in [3.05, 3.63) is 29.8 Å². The molecule has 0 aliphatic rings. The van der Waals surface area contributed by atoms with E-state index in [1.807, 2.05) is 18.2 Å². The predicted molar refractivity (Wildman–Crippen MR) is 81.4 cm³/mol. The third kappa shape index (κ3) is 5.77. The van der Waals surface area contributed by atoms with Crippen molar-refractivity contribution in [3.63, 3.8) is 0 Å². The molecule has 4 heteroatoms. The zero-order valence-electron chi connectivity index (χ0n) is 12.2. The molecule has 0 spiro atoms. The molecule has 1 rings (SSSR count). The highest BCUT2D eigenvalue weighted by atomic mass is 16.4. The van der Waals surface area contributed by atoms with E-state index in [1.54, 1.807) is 6.07 Å². The first-order valence-electron chi connectivity index (χ1n) is 7.35. The Balaban J connectivity index is 2.71. The zero-order chi connectivity index (χ0) is 14.1. The van der Waals surface area contributed by atoms with Crippen molar-refractivity contribution in [1.29, 1.82) is 0 Å². The van der Waals surface area contributed by atoms with Crippen molar-refractivity contribution in [1.82, 2.24) is 4.90 Å². The fourth-order valence-electron chi connectivity index (χ4n) is 2.20. The van der Waals surface area contributed by atoms with Gasteiger partial charge in [-0.1, -0.05) is 51.0 Å². The summed E-state index contributed by atoms with van der Waals surface area (Å²) in [5.41, 5.74) is 1.64. The van der Waals surface area contributed by atoms with Crippen molar-refractivity contribution < 1.29 is 10.0 Å². The van der Waals surface area contributed by atoms with Gasteiger partial charge in [-0.3, -0.25) is 4.90 Å². The van der Waals surface area contributed by atoms with Gasteiger partial charge in [0.25, 0.3) is 0 Å². The summed E-state index contributed by atoms with van der Waals surface area (Å²) < 4.78 is 0. The second kappa shape index (κ2) is 9.13. The molecule has 0 aromatic heterocycles. The fraction of sp³-hybridized carbons (Fsp3) is 0.600. The van der Waals surface area contributed by atoms with E-state index in [1.165, 1.54) is 25.7 Å². The number of benzene rings is 1. The van der Waals surface area contributed by atoms with Crippen molar-refractivity contribution in [2.75, 3.05) is 13.1 Å². The summed E-state index contributed by atoms with van der Waals surface area (Å²) in [6.07, 6.45) is 4.75. The Morgan fingerprint density at radius 2 is 1.58 bits per heavy atom. The molecular formula is C15H26BNO2. The third-order valence-electron chi connectivity index (χ3n) is 3.38. The Kier molecular flexibility index (Phi) is 7.79. The van der Waals surface area contributed by atoms with Crippen LogP contribution in [-0.2, 0) is 6.54 Å². The lowest BCUT2D eigenvalue weighted by atomic mass is 9.77. The van der Waals surface area contributed by atoms with E-state index in [4.69, 9.17) is 0 Å². The van der Waals surface area contributed by atoms with Gasteiger partial charge in [-0.25, -0.2) is 0 Å². The summed E-state index contributed by atoms with van der Waals surface area (Å²) in [6, 6.07) is 7.58. The smallest absolute Gasteiger partial charge is 0.423 e. The van der Waals surface area contributed by atoms with Crippen LogP contribution < -0.4 is 5.46 Å². The first kappa shape index (κ1) is 16.2. The summed E-state index contributed by atoms with van der Waals surface area (Å²) in [7, 11) is -1.38. The summed E-state index contributed by atoms with van der Waals surface area (Å²) >= 11 is 0. The quantitative estimate of drug-likeness (QED) is 0.667. The van der Waals surface area contributed by atoms with E-state index in [9.17, 15) is 10.0 Å². The Hall–Kier alpha value is -0.835. The Bertz CT molecular complexity index is 350. The molecule has 0 fully saturated rings. The van der Waals surface area contributed by atoms with Crippen LogP contribution in [0.1, 0.15) is 45.1 Å². The van der Waals surface area contributed by atoms with E-state index in [2.05, 4.69) is 18.7 Å². The summed E-state index contributed by atoms with van der Waals surface area (Å²) in [5, 5.41) is 18.8. The van der Waals surface area contributed by atoms with E-state index in [0.29, 0.717) is 5.46 Å². The number of unbranched alkanes of at least 4 members (excludes halogenated alkanes) is 2. The van der Waals surface area contributed by atoms with Gasteiger partial charge in [-0.2, -0.15) is 0 Å². The Morgan fingerprint density at radius 3 is 2.11 bits per heavy atom. The maximum absolute atomic E-state index is 9.41. The highest BCUT2D eigenvalue weighted by molar-refractivity contribution is 6.59. The van der Waals surface area contributed by atoms with Crippen LogP contribution in [0.3, 0.4) is 0 Å². The van der Waals surface area contributed by atoms with Crippen molar-refractivity contribution in [2.45, 2.75) is 46.1 Å². The number of hydrogen-bond donors (Lipinski definition) is 2. The fourth-order valence-corrected chi connectivity index (χ4v) is 2.20. The lowest BCUT2D eigenvalue weighted by Crippen LogP contribution is -2.36. The van der Waals surface area contributed by atoms with Crippen LogP contribution in [0, 0.1) is 0 Å². The molecule has 0 saturated heterocycles. The normalized spacial score (nSPS) is 11.0. The van der Waals surface area contributed by atoms with Crippen LogP contribution in [0.2, 0.25) is 0 Å². The summed E-state index contributed by atoms with van der Waals surface area (Å²) in [5.74, 6) is 0. The standard InChI is InChI=1S/C15H26BNO2/c1-3-5-11-17(12-6-4-2)13-14-9-7-8-10-15(14)16(18)19/h7-10,18-19H,3-6,11-13H2,1-2H3. The molecule has 106 valence electrons. The first-order valence-corrected chi connectivity index (χ1v) is 7.35. The van der Waals surface area contributed by atoms with Crippen LogP contribution in [0.15, 0.2) is 24.3 Å². The van der Waals surface area contributed by atoms with Gasteiger partial charge in [-0.15, -0.1) is 0 Å². The molecule has 0 atom stereocenters. The molecule has 1 aromatic carbocycles. The summed E-state index contributed by atoms with van der Waals surface area (Å²) in [4.78, 5) is 2.41. The molecule has 0 bridgehead atoms. The lowest BCUT2D eigenvalue weighted by molar-refractivity contribution is 0.257. The molecule has 0 amide bonds. The van der Waals surface area contributed by atoms with Crippen molar-refractivity contribution >= 4 is 12.6 Å². The first-order chi connectivity index (χ1) is 9.19. The van der Waals surface area contributed by atoms with Gasteiger partial charge in [-0.05, 0) is 37.0 Å². The minimum atomic E-state index is -1.38. The molecule has 0 aliphatic heterocycles. The lowest BCUT2D eigenvalue weighted by Gasteiger charge is -2.23. The maximum Gasteiger partial charge on any atom is 0.488 e.